The fourth-order valence-electron chi connectivity index (χ4n) is 11.0. The Labute approximate surface area is 355 Å². The van der Waals surface area contributed by atoms with Gasteiger partial charge in [0.05, 0.1) is 22.1 Å². The molecular formula is C57H36N4O. The van der Waals surface area contributed by atoms with Gasteiger partial charge in [-0.2, -0.15) is 0 Å². The average Bonchev–Trinajstić information content (AvgIpc) is 4.05. The van der Waals surface area contributed by atoms with E-state index in [1.165, 1.54) is 60.0 Å². The highest BCUT2D eigenvalue weighted by Crippen LogP contribution is 2.51. The summed E-state index contributed by atoms with van der Waals surface area (Å²) in [5.41, 5.74) is 14.5. The van der Waals surface area contributed by atoms with Gasteiger partial charge in [-0.3, -0.25) is 4.57 Å². The minimum absolute atomic E-state index is 0.181. The maximum absolute atomic E-state index is 6.77. The molecule has 0 N–H and O–H groups in total. The summed E-state index contributed by atoms with van der Waals surface area (Å²) < 4.78 is 11.6. The van der Waals surface area contributed by atoms with Crippen LogP contribution in [0.5, 0.6) is 0 Å². The lowest BCUT2D eigenvalue weighted by atomic mass is 9.82. The average molecular weight is 793 g/mol. The molecule has 1 aliphatic rings. The Kier molecular flexibility index (Phi) is 6.57. The van der Waals surface area contributed by atoms with Crippen molar-refractivity contribution in [1.82, 2.24) is 19.1 Å². The number of nitrogens with zero attached hydrogens (tertiary/aromatic N) is 4. The Morgan fingerprint density at radius 1 is 0.468 bits per heavy atom. The molecule has 0 bridgehead atoms. The Morgan fingerprint density at radius 3 is 1.98 bits per heavy atom. The third kappa shape index (κ3) is 4.31. The molecule has 0 radical (unpaired) electrons. The quantitative estimate of drug-likeness (QED) is 0.179. The molecule has 0 saturated carbocycles. The number of para-hydroxylation sites is 3. The lowest BCUT2D eigenvalue weighted by molar-refractivity contribution is 0.659. The maximum Gasteiger partial charge on any atom is 0.236 e. The van der Waals surface area contributed by atoms with E-state index < -0.39 is 0 Å². The summed E-state index contributed by atoms with van der Waals surface area (Å²) >= 11 is 0. The molecule has 0 aliphatic heterocycles. The molecule has 62 heavy (non-hydrogen) atoms. The predicted molar refractivity (Wildman–Crippen MR) is 256 cm³/mol. The second-order valence-electron chi connectivity index (χ2n) is 17.3. The van der Waals surface area contributed by atoms with E-state index in [4.69, 9.17) is 14.4 Å². The molecular weight excluding hydrogens is 757 g/mol. The molecule has 9 aromatic carbocycles. The molecule has 0 amide bonds. The first-order chi connectivity index (χ1) is 30.5. The molecule has 4 heterocycles. The normalized spacial score (nSPS) is 13.5. The van der Waals surface area contributed by atoms with Crippen molar-refractivity contribution in [2.24, 2.45) is 0 Å². The number of benzene rings is 9. The first-order valence-electron chi connectivity index (χ1n) is 21.3. The van der Waals surface area contributed by atoms with Crippen molar-refractivity contribution in [2.75, 3.05) is 0 Å². The van der Waals surface area contributed by atoms with Crippen LogP contribution in [0.2, 0.25) is 0 Å². The summed E-state index contributed by atoms with van der Waals surface area (Å²) in [5, 5.41) is 10.6. The van der Waals surface area contributed by atoms with Gasteiger partial charge in [-0.25, -0.2) is 9.97 Å². The number of rotatable bonds is 3. The van der Waals surface area contributed by atoms with Crippen LogP contribution in [-0.2, 0) is 5.41 Å². The molecule has 4 aromatic heterocycles. The topological polar surface area (TPSA) is 48.8 Å². The zero-order chi connectivity index (χ0) is 40.8. The van der Waals surface area contributed by atoms with Gasteiger partial charge in [0, 0.05) is 43.6 Å². The van der Waals surface area contributed by atoms with Gasteiger partial charge in [-0.05, 0) is 86.3 Å². The number of hydrogen-bond donors (Lipinski definition) is 0. The molecule has 0 spiro atoms. The van der Waals surface area contributed by atoms with E-state index in [1.807, 2.05) is 12.1 Å². The third-order valence-corrected chi connectivity index (χ3v) is 13.7. The van der Waals surface area contributed by atoms with Crippen LogP contribution < -0.4 is 0 Å². The first-order valence-corrected chi connectivity index (χ1v) is 21.3. The van der Waals surface area contributed by atoms with Gasteiger partial charge in [0.15, 0.2) is 5.58 Å². The summed E-state index contributed by atoms with van der Waals surface area (Å²) in [6.45, 7) is 4.65. The van der Waals surface area contributed by atoms with Gasteiger partial charge in [0.1, 0.15) is 16.8 Å². The van der Waals surface area contributed by atoms with Crippen LogP contribution in [0.25, 0.3) is 121 Å². The van der Waals surface area contributed by atoms with Crippen molar-refractivity contribution in [2.45, 2.75) is 19.3 Å². The highest BCUT2D eigenvalue weighted by atomic mass is 16.3. The fourth-order valence-corrected chi connectivity index (χ4v) is 11.0. The van der Waals surface area contributed by atoms with Crippen LogP contribution in [0.1, 0.15) is 25.0 Å². The Balaban J connectivity index is 1.19. The molecule has 0 unspecified atom stereocenters. The molecule has 14 rings (SSSR count). The lowest BCUT2D eigenvalue weighted by Crippen LogP contribution is -2.15. The van der Waals surface area contributed by atoms with Gasteiger partial charge < -0.3 is 8.98 Å². The van der Waals surface area contributed by atoms with E-state index in [0.29, 0.717) is 11.5 Å². The molecule has 5 nitrogen and oxygen atoms in total. The number of hydrogen-bond acceptors (Lipinski definition) is 3. The van der Waals surface area contributed by atoms with E-state index in [2.05, 4.69) is 193 Å². The van der Waals surface area contributed by atoms with Crippen molar-refractivity contribution in [3.8, 4) is 34.0 Å². The zero-order valence-corrected chi connectivity index (χ0v) is 34.0. The van der Waals surface area contributed by atoms with Crippen molar-refractivity contribution < 1.29 is 4.42 Å². The maximum atomic E-state index is 6.77. The Hall–Kier alpha value is -8.02. The Morgan fingerprint density at radius 2 is 1.13 bits per heavy atom. The van der Waals surface area contributed by atoms with Crippen LogP contribution in [0, 0.1) is 0 Å². The van der Waals surface area contributed by atoms with Gasteiger partial charge in [-0.15, -0.1) is 0 Å². The van der Waals surface area contributed by atoms with Crippen LogP contribution in [-0.4, -0.2) is 19.1 Å². The Bertz CT molecular complexity index is 4070. The number of aromatic nitrogens is 4. The van der Waals surface area contributed by atoms with Crippen LogP contribution in [0.4, 0.5) is 0 Å². The monoisotopic (exact) mass is 792 g/mol. The fraction of sp³-hybridized carbons (Fsp3) is 0.0526. The van der Waals surface area contributed by atoms with E-state index in [-0.39, 0.29) is 5.41 Å². The van der Waals surface area contributed by atoms with Crippen LogP contribution in [0.3, 0.4) is 0 Å². The summed E-state index contributed by atoms with van der Waals surface area (Å²) in [4.78, 5) is 11.2. The molecule has 0 fully saturated rings. The summed E-state index contributed by atoms with van der Waals surface area (Å²) in [6, 6.07) is 65.6. The second kappa shape index (κ2) is 12.1. The minimum atomic E-state index is -0.181. The van der Waals surface area contributed by atoms with Crippen molar-refractivity contribution in [3.05, 3.63) is 193 Å². The minimum Gasteiger partial charge on any atom is -0.452 e. The molecule has 0 atom stereocenters. The SMILES string of the molecule is CC1(C)c2ccccc2-c2ccc(-c3nc(-n4c5ccccc5c5c6ccccc6c6c7c8ccccc8ccc7n(-c7ccccc7)c6c54)nc4c3oc3ccccc34)cc21. The third-order valence-electron chi connectivity index (χ3n) is 13.7. The second-order valence-corrected chi connectivity index (χ2v) is 17.3. The van der Waals surface area contributed by atoms with Gasteiger partial charge in [0.2, 0.25) is 5.95 Å². The standard InChI is InChI=1S/C57H36N4O/c1-57(2)43-25-13-10-20-37(43)38-30-28-34(32-44(38)57)51-55-52(42-24-12-15-27-47(42)62-55)59-56(58-51)61-45-26-14-11-23-41(45)48-39-21-8-9-22-40(39)50-49-36-19-7-6-16-33(36)29-31-46(49)60(54(50)53(48)61)35-17-4-3-5-18-35/h3-32H,1-2H3. The van der Waals surface area contributed by atoms with Crippen molar-refractivity contribution >= 4 is 87.2 Å². The van der Waals surface area contributed by atoms with Gasteiger partial charge in [-0.1, -0.05) is 153 Å². The molecule has 290 valence electrons. The lowest BCUT2D eigenvalue weighted by Gasteiger charge is -2.22. The van der Waals surface area contributed by atoms with E-state index in [1.54, 1.807) is 0 Å². The van der Waals surface area contributed by atoms with Crippen molar-refractivity contribution in [1.29, 1.82) is 0 Å². The van der Waals surface area contributed by atoms with Gasteiger partial charge in [0.25, 0.3) is 0 Å². The highest BCUT2D eigenvalue weighted by Gasteiger charge is 2.36. The summed E-state index contributed by atoms with van der Waals surface area (Å²) in [5.74, 6) is 0.597. The largest absolute Gasteiger partial charge is 0.452 e. The molecule has 1 aliphatic carbocycles. The predicted octanol–water partition coefficient (Wildman–Crippen LogP) is 14.8. The van der Waals surface area contributed by atoms with Gasteiger partial charge >= 0.3 is 0 Å². The van der Waals surface area contributed by atoms with Crippen LogP contribution in [0.15, 0.2) is 186 Å². The number of furan rings is 1. The molecule has 13 aromatic rings. The van der Waals surface area contributed by atoms with E-state index >= 15 is 0 Å². The zero-order valence-electron chi connectivity index (χ0n) is 34.0. The summed E-state index contributed by atoms with van der Waals surface area (Å²) in [7, 11) is 0. The molecule has 0 saturated heterocycles. The smallest absolute Gasteiger partial charge is 0.236 e. The highest BCUT2D eigenvalue weighted by molar-refractivity contribution is 6.39. The summed E-state index contributed by atoms with van der Waals surface area (Å²) in [6.07, 6.45) is 0. The van der Waals surface area contributed by atoms with E-state index in [0.717, 1.165) is 60.9 Å². The van der Waals surface area contributed by atoms with Crippen LogP contribution >= 0.6 is 0 Å². The molecule has 5 heteroatoms. The first kappa shape index (κ1) is 33.8. The number of fused-ring (bicyclic) bond motifs is 18. The van der Waals surface area contributed by atoms with E-state index in [9.17, 15) is 0 Å². The van der Waals surface area contributed by atoms with Crippen molar-refractivity contribution in [3.63, 3.8) is 0 Å².